The van der Waals surface area contributed by atoms with Crippen LogP contribution in [0.3, 0.4) is 0 Å². The first kappa shape index (κ1) is 16.6. The Hall–Kier alpha value is -0.770. The van der Waals surface area contributed by atoms with Crippen LogP contribution in [0.15, 0.2) is 18.2 Å². The van der Waals surface area contributed by atoms with Gasteiger partial charge in [-0.15, -0.1) is 0 Å². The average Bonchev–Trinajstić information content (AvgIpc) is 2.97. The van der Waals surface area contributed by atoms with Gasteiger partial charge in [0, 0.05) is 25.2 Å². The van der Waals surface area contributed by atoms with Crippen LogP contribution < -0.4 is 10.2 Å². The molecule has 1 N–H and O–H groups in total. The van der Waals surface area contributed by atoms with E-state index in [9.17, 15) is 0 Å². The molecule has 1 aromatic rings. The third-order valence-electron chi connectivity index (χ3n) is 4.74. The molecule has 0 bridgehead atoms. The zero-order valence-electron chi connectivity index (χ0n) is 13.7. The first-order valence-electron chi connectivity index (χ1n) is 8.06. The average molecular weight is 310 g/mol. The van der Waals surface area contributed by atoms with Crippen molar-refractivity contribution in [2.24, 2.45) is 0 Å². The smallest absolute Gasteiger partial charge is 0.0642 e. The maximum atomic E-state index is 6.52. The topological polar surface area (TPSA) is 18.5 Å². The zero-order chi connectivity index (χ0) is 15.4. The van der Waals surface area contributed by atoms with E-state index in [4.69, 9.17) is 11.6 Å². The summed E-state index contributed by atoms with van der Waals surface area (Å²) >= 11 is 6.52. The molecule has 1 saturated heterocycles. The highest BCUT2D eigenvalue weighted by molar-refractivity contribution is 6.33. The monoisotopic (exact) mass is 309 g/mol. The predicted octanol–water partition coefficient (Wildman–Crippen LogP) is 3.54. The summed E-state index contributed by atoms with van der Waals surface area (Å²) in [5, 5.41) is 4.13. The summed E-state index contributed by atoms with van der Waals surface area (Å²) in [7, 11) is 1.97. The van der Waals surface area contributed by atoms with Crippen LogP contribution in [0.25, 0.3) is 0 Å². The Labute approximate surface area is 134 Å². The zero-order valence-corrected chi connectivity index (χ0v) is 14.5. The summed E-state index contributed by atoms with van der Waals surface area (Å²) < 4.78 is 0. The van der Waals surface area contributed by atoms with Crippen LogP contribution in [0.1, 0.15) is 38.8 Å². The maximum absolute atomic E-state index is 6.52. The molecule has 1 aliphatic rings. The predicted molar refractivity (Wildman–Crippen MR) is 92.5 cm³/mol. The third-order valence-corrected chi connectivity index (χ3v) is 5.04. The Balaban J connectivity index is 2.09. The van der Waals surface area contributed by atoms with E-state index in [0.29, 0.717) is 12.1 Å². The molecule has 1 fully saturated rings. The minimum absolute atomic E-state index is 0.332. The Morgan fingerprint density at radius 1 is 1.38 bits per heavy atom. The molecule has 21 heavy (non-hydrogen) atoms. The van der Waals surface area contributed by atoms with Crippen LogP contribution >= 0.6 is 11.6 Å². The van der Waals surface area contributed by atoms with Crippen LogP contribution in [0.5, 0.6) is 0 Å². The fourth-order valence-corrected chi connectivity index (χ4v) is 3.52. The largest absolute Gasteiger partial charge is 0.369 e. The molecule has 0 aromatic heterocycles. The third kappa shape index (κ3) is 3.71. The molecule has 4 heteroatoms. The fraction of sp³-hybridized carbons (Fsp3) is 0.647. The molecule has 1 heterocycles. The van der Waals surface area contributed by atoms with E-state index < -0.39 is 0 Å². The number of hydrogen-bond acceptors (Lipinski definition) is 3. The van der Waals surface area contributed by atoms with Crippen LogP contribution in [-0.2, 0) is 0 Å². The molecule has 0 spiro atoms. The maximum Gasteiger partial charge on any atom is 0.0642 e. The Kier molecular flexibility index (Phi) is 5.91. The molecular weight excluding hydrogens is 282 g/mol. The lowest BCUT2D eigenvalue weighted by molar-refractivity contribution is 0.232. The van der Waals surface area contributed by atoms with E-state index in [1.807, 2.05) is 7.05 Å². The number of hydrogen-bond donors (Lipinski definition) is 1. The Morgan fingerprint density at radius 2 is 2.10 bits per heavy atom. The summed E-state index contributed by atoms with van der Waals surface area (Å²) in [6, 6.07) is 7.46. The van der Waals surface area contributed by atoms with Crippen molar-refractivity contribution in [3.05, 3.63) is 28.8 Å². The van der Waals surface area contributed by atoms with Crippen molar-refractivity contribution in [2.75, 3.05) is 38.1 Å². The Bertz CT molecular complexity index is 459. The summed E-state index contributed by atoms with van der Waals surface area (Å²) in [4.78, 5) is 4.98. The summed E-state index contributed by atoms with van der Waals surface area (Å²) in [5.41, 5.74) is 2.42. The van der Waals surface area contributed by atoms with Crippen molar-refractivity contribution < 1.29 is 0 Å². The second kappa shape index (κ2) is 7.48. The highest BCUT2D eigenvalue weighted by atomic mass is 35.5. The molecule has 1 aromatic carbocycles. The first-order valence-corrected chi connectivity index (χ1v) is 8.44. The van der Waals surface area contributed by atoms with Crippen LogP contribution in [0.2, 0.25) is 5.02 Å². The van der Waals surface area contributed by atoms with Crippen LogP contribution in [0.4, 0.5) is 5.69 Å². The number of halogens is 1. The van der Waals surface area contributed by atoms with Gasteiger partial charge in [-0.25, -0.2) is 0 Å². The standard InChI is InChI=1S/C17H28ClN3/c1-5-20(6-2)15-9-10-21(12-15)17-8-7-14(11-16(17)18)13(3)19-4/h7-8,11,13,15,19H,5-6,9-10,12H2,1-4H3. The van der Waals surface area contributed by atoms with Gasteiger partial charge in [0.2, 0.25) is 0 Å². The van der Waals surface area contributed by atoms with Gasteiger partial charge in [-0.1, -0.05) is 31.5 Å². The highest BCUT2D eigenvalue weighted by Gasteiger charge is 2.27. The molecular formula is C17H28ClN3. The van der Waals surface area contributed by atoms with Crippen molar-refractivity contribution in [1.29, 1.82) is 0 Å². The molecule has 0 saturated carbocycles. The van der Waals surface area contributed by atoms with Crippen molar-refractivity contribution in [3.63, 3.8) is 0 Å². The van der Waals surface area contributed by atoms with Crippen LogP contribution in [-0.4, -0.2) is 44.2 Å². The SMILES string of the molecule is CCN(CC)C1CCN(c2ccc(C(C)NC)cc2Cl)C1. The van der Waals surface area contributed by atoms with Crippen molar-refractivity contribution in [2.45, 2.75) is 39.3 Å². The van der Waals surface area contributed by atoms with Gasteiger partial charge < -0.3 is 10.2 Å². The number of benzene rings is 1. The minimum Gasteiger partial charge on any atom is -0.369 e. The normalized spacial score (nSPS) is 20.3. The summed E-state index contributed by atoms with van der Waals surface area (Å²) in [5.74, 6) is 0. The lowest BCUT2D eigenvalue weighted by Crippen LogP contribution is -2.37. The van der Waals surface area contributed by atoms with Crippen molar-refractivity contribution in [3.8, 4) is 0 Å². The number of anilines is 1. The molecule has 1 aliphatic heterocycles. The molecule has 0 aliphatic carbocycles. The van der Waals surface area contributed by atoms with Gasteiger partial charge in [0.15, 0.2) is 0 Å². The minimum atomic E-state index is 0.332. The molecule has 118 valence electrons. The summed E-state index contributed by atoms with van der Waals surface area (Å²) in [6.07, 6.45) is 1.23. The fourth-order valence-electron chi connectivity index (χ4n) is 3.21. The van der Waals surface area contributed by atoms with E-state index >= 15 is 0 Å². The van der Waals surface area contributed by atoms with Crippen LogP contribution in [0, 0.1) is 0 Å². The lowest BCUT2D eigenvalue weighted by atomic mass is 10.1. The molecule has 2 unspecified atom stereocenters. The van der Waals surface area contributed by atoms with Gasteiger partial charge in [-0.2, -0.15) is 0 Å². The highest BCUT2D eigenvalue weighted by Crippen LogP contribution is 2.32. The summed E-state index contributed by atoms with van der Waals surface area (Å²) in [6.45, 7) is 11.1. The lowest BCUT2D eigenvalue weighted by Gasteiger charge is -2.27. The van der Waals surface area contributed by atoms with Gasteiger partial charge >= 0.3 is 0 Å². The van der Waals surface area contributed by atoms with Gasteiger partial charge in [-0.3, -0.25) is 4.90 Å². The van der Waals surface area contributed by atoms with Crippen molar-refractivity contribution >= 4 is 17.3 Å². The van der Waals surface area contributed by atoms with Gasteiger partial charge in [0.05, 0.1) is 10.7 Å². The molecule has 0 amide bonds. The van der Waals surface area contributed by atoms with E-state index in [1.165, 1.54) is 17.7 Å². The van der Waals surface area contributed by atoms with Gasteiger partial charge in [0.1, 0.15) is 0 Å². The van der Waals surface area contributed by atoms with Gasteiger partial charge in [-0.05, 0) is 51.2 Å². The van der Waals surface area contributed by atoms with E-state index in [1.54, 1.807) is 0 Å². The number of nitrogens with zero attached hydrogens (tertiary/aromatic N) is 2. The van der Waals surface area contributed by atoms with E-state index in [0.717, 1.165) is 31.2 Å². The molecule has 2 rings (SSSR count). The second-order valence-electron chi connectivity index (χ2n) is 5.83. The molecule has 3 nitrogen and oxygen atoms in total. The van der Waals surface area contributed by atoms with Crippen molar-refractivity contribution in [1.82, 2.24) is 10.2 Å². The van der Waals surface area contributed by atoms with E-state index in [-0.39, 0.29) is 0 Å². The second-order valence-corrected chi connectivity index (χ2v) is 6.24. The molecule has 0 radical (unpaired) electrons. The van der Waals surface area contributed by atoms with Gasteiger partial charge in [0.25, 0.3) is 0 Å². The quantitative estimate of drug-likeness (QED) is 0.867. The first-order chi connectivity index (χ1) is 10.1. The number of rotatable bonds is 6. The number of likely N-dealkylation sites (N-methyl/N-ethyl adjacent to an activating group) is 1. The number of nitrogens with one attached hydrogen (secondary N) is 1. The van der Waals surface area contributed by atoms with E-state index in [2.05, 4.69) is 54.1 Å². The molecule has 2 atom stereocenters. The Morgan fingerprint density at radius 3 is 2.67 bits per heavy atom.